The maximum absolute atomic E-state index is 12.1. The minimum Gasteiger partial charge on any atom is -0.299 e. The normalized spacial score (nSPS) is 11.5. The molecule has 1 aromatic carbocycles. The van der Waals surface area contributed by atoms with Gasteiger partial charge >= 0.3 is 0 Å². The standard InChI is InChI=1S/C16H24O/c1-4-11-16(12-5-2,14(3)17)13-15-9-7-6-8-10-15/h6-10H,4-5,11-13H2,1-3H3. The third-order valence-corrected chi connectivity index (χ3v) is 3.59. The molecule has 1 nitrogen and oxygen atoms in total. The molecule has 1 aromatic rings. The minimum absolute atomic E-state index is 0.134. The van der Waals surface area contributed by atoms with E-state index in [0.29, 0.717) is 5.78 Å². The molecule has 0 aliphatic heterocycles. The molecule has 0 aliphatic rings. The highest BCUT2D eigenvalue weighted by Crippen LogP contribution is 2.35. The van der Waals surface area contributed by atoms with E-state index < -0.39 is 0 Å². The highest BCUT2D eigenvalue weighted by molar-refractivity contribution is 5.82. The van der Waals surface area contributed by atoms with Crippen LogP contribution in [0.5, 0.6) is 0 Å². The molecule has 0 heterocycles. The number of benzene rings is 1. The van der Waals surface area contributed by atoms with Crippen LogP contribution in [0, 0.1) is 5.41 Å². The van der Waals surface area contributed by atoms with Gasteiger partial charge in [-0.1, -0.05) is 57.0 Å². The molecule has 1 heteroatoms. The zero-order valence-electron chi connectivity index (χ0n) is 11.3. The summed E-state index contributed by atoms with van der Waals surface area (Å²) in [6, 6.07) is 10.4. The summed E-state index contributed by atoms with van der Waals surface area (Å²) in [5.74, 6) is 0.352. The van der Waals surface area contributed by atoms with E-state index in [4.69, 9.17) is 0 Å². The van der Waals surface area contributed by atoms with Gasteiger partial charge in [-0.2, -0.15) is 0 Å². The molecule has 94 valence electrons. The fourth-order valence-electron chi connectivity index (χ4n) is 2.72. The van der Waals surface area contributed by atoms with Crippen LogP contribution in [0.4, 0.5) is 0 Å². The van der Waals surface area contributed by atoms with Crippen LogP contribution in [0.25, 0.3) is 0 Å². The summed E-state index contributed by atoms with van der Waals surface area (Å²) in [4.78, 5) is 12.1. The first-order valence-corrected chi connectivity index (χ1v) is 6.69. The molecular weight excluding hydrogens is 208 g/mol. The molecule has 0 amide bonds. The van der Waals surface area contributed by atoms with Crippen molar-refractivity contribution in [2.45, 2.75) is 52.9 Å². The van der Waals surface area contributed by atoms with E-state index in [1.165, 1.54) is 5.56 Å². The number of carbonyl (C=O) groups excluding carboxylic acids is 1. The number of ketones is 1. The molecule has 1 rings (SSSR count). The molecule has 0 saturated carbocycles. The molecule has 0 aliphatic carbocycles. The number of rotatable bonds is 7. The van der Waals surface area contributed by atoms with Crippen molar-refractivity contribution >= 4 is 5.78 Å². The Labute approximate surface area is 105 Å². The lowest BCUT2D eigenvalue weighted by molar-refractivity contribution is -0.127. The third kappa shape index (κ3) is 3.69. The van der Waals surface area contributed by atoms with Crippen molar-refractivity contribution in [1.82, 2.24) is 0 Å². The number of hydrogen-bond acceptors (Lipinski definition) is 1. The average Bonchev–Trinajstić information content (AvgIpc) is 2.30. The van der Waals surface area contributed by atoms with Crippen LogP contribution in [0.1, 0.15) is 52.0 Å². The van der Waals surface area contributed by atoms with Crippen LogP contribution < -0.4 is 0 Å². The second-order valence-corrected chi connectivity index (χ2v) is 5.00. The summed E-state index contributed by atoms with van der Waals surface area (Å²) in [7, 11) is 0. The lowest BCUT2D eigenvalue weighted by Crippen LogP contribution is -2.31. The summed E-state index contributed by atoms with van der Waals surface area (Å²) < 4.78 is 0. The molecule has 0 aromatic heterocycles. The molecule has 0 atom stereocenters. The minimum atomic E-state index is -0.134. The van der Waals surface area contributed by atoms with Crippen LogP contribution >= 0.6 is 0 Å². The number of hydrogen-bond donors (Lipinski definition) is 0. The van der Waals surface area contributed by atoms with Gasteiger partial charge in [-0.15, -0.1) is 0 Å². The summed E-state index contributed by atoms with van der Waals surface area (Å²) in [5, 5.41) is 0. The van der Waals surface area contributed by atoms with Gasteiger partial charge < -0.3 is 0 Å². The quantitative estimate of drug-likeness (QED) is 0.680. The van der Waals surface area contributed by atoms with E-state index in [1.54, 1.807) is 6.92 Å². The van der Waals surface area contributed by atoms with E-state index in [-0.39, 0.29) is 5.41 Å². The Morgan fingerprint density at radius 2 is 1.59 bits per heavy atom. The highest BCUT2D eigenvalue weighted by Gasteiger charge is 2.33. The molecular formula is C16H24O. The van der Waals surface area contributed by atoms with Crippen molar-refractivity contribution in [2.24, 2.45) is 5.41 Å². The predicted octanol–water partition coefficient (Wildman–Crippen LogP) is 4.40. The Bertz CT molecular complexity index is 334. The lowest BCUT2D eigenvalue weighted by atomic mass is 9.72. The van der Waals surface area contributed by atoms with Crippen LogP contribution in [-0.2, 0) is 11.2 Å². The molecule has 17 heavy (non-hydrogen) atoms. The van der Waals surface area contributed by atoms with Gasteiger partial charge in [0, 0.05) is 5.41 Å². The largest absolute Gasteiger partial charge is 0.299 e. The van der Waals surface area contributed by atoms with Crippen molar-refractivity contribution in [1.29, 1.82) is 0 Å². The average molecular weight is 232 g/mol. The molecule has 0 unspecified atom stereocenters. The second kappa shape index (κ2) is 6.58. The first kappa shape index (κ1) is 14.0. The van der Waals surface area contributed by atoms with E-state index in [2.05, 4.69) is 38.1 Å². The Morgan fingerprint density at radius 1 is 1.06 bits per heavy atom. The SMILES string of the molecule is CCCC(CCC)(Cc1ccccc1)C(C)=O. The molecule has 0 bridgehead atoms. The molecule has 0 radical (unpaired) electrons. The first-order valence-electron chi connectivity index (χ1n) is 6.69. The Morgan fingerprint density at radius 3 is 2.00 bits per heavy atom. The van der Waals surface area contributed by atoms with E-state index in [0.717, 1.165) is 32.1 Å². The van der Waals surface area contributed by atoms with Gasteiger partial charge in [0.1, 0.15) is 5.78 Å². The van der Waals surface area contributed by atoms with Crippen molar-refractivity contribution in [2.75, 3.05) is 0 Å². The molecule has 0 N–H and O–H groups in total. The van der Waals surface area contributed by atoms with E-state index in [1.807, 2.05) is 6.07 Å². The van der Waals surface area contributed by atoms with E-state index in [9.17, 15) is 4.79 Å². The fourth-order valence-corrected chi connectivity index (χ4v) is 2.72. The zero-order valence-corrected chi connectivity index (χ0v) is 11.3. The van der Waals surface area contributed by atoms with Gasteiger partial charge in [0.2, 0.25) is 0 Å². The van der Waals surface area contributed by atoms with Crippen molar-refractivity contribution in [3.05, 3.63) is 35.9 Å². The maximum atomic E-state index is 12.1. The Balaban J connectivity index is 2.92. The first-order chi connectivity index (χ1) is 8.14. The summed E-state index contributed by atoms with van der Waals surface area (Å²) in [6.07, 6.45) is 5.06. The topological polar surface area (TPSA) is 17.1 Å². The number of Topliss-reactive ketones (excluding diaryl/α,β-unsaturated/α-hetero) is 1. The van der Waals surface area contributed by atoms with Gasteiger partial charge in [0.25, 0.3) is 0 Å². The van der Waals surface area contributed by atoms with Gasteiger partial charge in [-0.3, -0.25) is 4.79 Å². The van der Waals surface area contributed by atoms with Gasteiger partial charge in [0.05, 0.1) is 0 Å². The van der Waals surface area contributed by atoms with Crippen molar-refractivity contribution in [3.63, 3.8) is 0 Å². The third-order valence-electron chi connectivity index (χ3n) is 3.59. The Hall–Kier alpha value is -1.11. The van der Waals surface area contributed by atoms with Gasteiger partial charge in [0.15, 0.2) is 0 Å². The molecule has 0 spiro atoms. The smallest absolute Gasteiger partial charge is 0.136 e. The van der Waals surface area contributed by atoms with E-state index >= 15 is 0 Å². The van der Waals surface area contributed by atoms with Crippen LogP contribution in [0.3, 0.4) is 0 Å². The molecule has 0 fully saturated rings. The highest BCUT2D eigenvalue weighted by atomic mass is 16.1. The second-order valence-electron chi connectivity index (χ2n) is 5.00. The van der Waals surface area contributed by atoms with Gasteiger partial charge in [-0.05, 0) is 31.7 Å². The predicted molar refractivity (Wildman–Crippen MR) is 73.1 cm³/mol. The maximum Gasteiger partial charge on any atom is 0.136 e. The summed E-state index contributed by atoms with van der Waals surface area (Å²) >= 11 is 0. The van der Waals surface area contributed by atoms with Crippen molar-refractivity contribution < 1.29 is 4.79 Å². The van der Waals surface area contributed by atoms with Gasteiger partial charge in [-0.25, -0.2) is 0 Å². The summed E-state index contributed by atoms with van der Waals surface area (Å²) in [6.45, 7) is 6.09. The van der Waals surface area contributed by atoms with Crippen molar-refractivity contribution in [3.8, 4) is 0 Å². The van der Waals surface area contributed by atoms with Crippen LogP contribution in [0.15, 0.2) is 30.3 Å². The summed E-state index contributed by atoms with van der Waals surface area (Å²) in [5.41, 5.74) is 1.15. The van der Waals surface area contributed by atoms with Crippen LogP contribution in [-0.4, -0.2) is 5.78 Å². The fraction of sp³-hybridized carbons (Fsp3) is 0.562. The Kier molecular flexibility index (Phi) is 5.40. The number of carbonyl (C=O) groups is 1. The monoisotopic (exact) mass is 232 g/mol. The molecule has 0 saturated heterocycles. The zero-order chi connectivity index (χ0) is 12.7. The van der Waals surface area contributed by atoms with Crippen LogP contribution in [0.2, 0.25) is 0 Å². The lowest BCUT2D eigenvalue weighted by Gasteiger charge is -2.31.